The van der Waals surface area contributed by atoms with Crippen molar-refractivity contribution in [2.75, 3.05) is 6.61 Å². The smallest absolute Gasteiger partial charge is 0.0674 e. The molecule has 0 atom stereocenters. The molecule has 0 aliphatic carbocycles. The van der Waals surface area contributed by atoms with E-state index in [4.69, 9.17) is 4.74 Å². The third-order valence-corrected chi connectivity index (χ3v) is 4.65. The van der Waals surface area contributed by atoms with Crippen LogP contribution in [0.25, 0.3) is 0 Å². The van der Waals surface area contributed by atoms with E-state index in [0.717, 1.165) is 6.42 Å². The standard InChI is InChI=1S/C15H32O2/c1-12(2,3)15(8,9)17-11-10-13(4,5)14(6,7)16/h16H,10-11H2,1-9H3. The first-order valence-corrected chi connectivity index (χ1v) is 6.57. The third-order valence-electron chi connectivity index (χ3n) is 4.65. The summed E-state index contributed by atoms with van der Waals surface area (Å²) in [5.74, 6) is 0. The zero-order chi connectivity index (χ0) is 14.1. The van der Waals surface area contributed by atoms with E-state index in [1.165, 1.54) is 0 Å². The van der Waals surface area contributed by atoms with Gasteiger partial charge >= 0.3 is 0 Å². The quantitative estimate of drug-likeness (QED) is 0.791. The minimum atomic E-state index is -0.678. The topological polar surface area (TPSA) is 29.5 Å². The van der Waals surface area contributed by atoms with Crippen LogP contribution in [0.15, 0.2) is 0 Å². The van der Waals surface area contributed by atoms with Crippen molar-refractivity contribution in [3.8, 4) is 0 Å². The van der Waals surface area contributed by atoms with Crippen molar-refractivity contribution in [1.82, 2.24) is 0 Å². The minimum absolute atomic E-state index is 0.117. The molecule has 0 fully saturated rings. The second-order valence-electron chi connectivity index (χ2n) is 7.80. The molecule has 2 heteroatoms. The summed E-state index contributed by atoms with van der Waals surface area (Å²) in [6.45, 7) is 19.4. The van der Waals surface area contributed by atoms with E-state index >= 15 is 0 Å². The van der Waals surface area contributed by atoms with Crippen LogP contribution in [-0.4, -0.2) is 22.9 Å². The Morgan fingerprint density at radius 2 is 1.24 bits per heavy atom. The number of hydrogen-bond donors (Lipinski definition) is 1. The summed E-state index contributed by atoms with van der Waals surface area (Å²) in [5.41, 5.74) is -0.849. The largest absolute Gasteiger partial charge is 0.390 e. The summed E-state index contributed by atoms with van der Waals surface area (Å²) in [7, 11) is 0. The van der Waals surface area contributed by atoms with Crippen LogP contribution >= 0.6 is 0 Å². The predicted octanol–water partition coefficient (Wildman–Crippen LogP) is 4.01. The molecule has 0 aromatic heterocycles. The maximum absolute atomic E-state index is 10.1. The molecule has 0 heterocycles. The van der Waals surface area contributed by atoms with Gasteiger partial charge in [0.15, 0.2) is 0 Å². The van der Waals surface area contributed by atoms with Gasteiger partial charge in [0.2, 0.25) is 0 Å². The lowest BCUT2D eigenvalue weighted by Crippen LogP contribution is -2.43. The number of ether oxygens (including phenoxy) is 1. The normalized spacial score (nSPS) is 15.2. The van der Waals surface area contributed by atoms with Crippen LogP contribution in [0.5, 0.6) is 0 Å². The van der Waals surface area contributed by atoms with Crippen molar-refractivity contribution in [2.45, 2.75) is 79.9 Å². The number of aliphatic hydroxyl groups is 1. The molecule has 0 aliphatic rings. The van der Waals surface area contributed by atoms with Crippen LogP contribution < -0.4 is 0 Å². The Balaban J connectivity index is 4.36. The molecule has 0 unspecified atom stereocenters. The van der Waals surface area contributed by atoms with Gasteiger partial charge in [-0.05, 0) is 44.9 Å². The predicted molar refractivity (Wildman–Crippen MR) is 74.2 cm³/mol. The Bertz CT molecular complexity index is 213. The highest BCUT2D eigenvalue weighted by atomic mass is 16.5. The van der Waals surface area contributed by atoms with Gasteiger partial charge in [-0.25, -0.2) is 0 Å². The molecule has 0 rings (SSSR count). The first-order chi connectivity index (χ1) is 7.21. The molecule has 0 aromatic carbocycles. The van der Waals surface area contributed by atoms with Crippen molar-refractivity contribution in [1.29, 1.82) is 0 Å². The number of hydrogen-bond acceptors (Lipinski definition) is 2. The summed E-state index contributed by atoms with van der Waals surface area (Å²) in [4.78, 5) is 0. The van der Waals surface area contributed by atoms with Crippen LogP contribution in [0.1, 0.15) is 68.7 Å². The van der Waals surface area contributed by atoms with Gasteiger partial charge in [0.05, 0.1) is 11.2 Å². The molecule has 0 radical (unpaired) electrons. The highest BCUT2D eigenvalue weighted by Crippen LogP contribution is 2.36. The highest BCUT2D eigenvalue weighted by molar-refractivity contribution is 4.87. The maximum atomic E-state index is 10.1. The zero-order valence-corrected chi connectivity index (χ0v) is 13.3. The van der Waals surface area contributed by atoms with Crippen LogP contribution in [0.2, 0.25) is 0 Å². The van der Waals surface area contributed by atoms with E-state index in [1.54, 1.807) is 0 Å². The highest BCUT2D eigenvalue weighted by Gasteiger charge is 2.37. The van der Waals surface area contributed by atoms with Gasteiger partial charge in [-0.15, -0.1) is 0 Å². The lowest BCUT2D eigenvalue weighted by molar-refractivity contribution is -0.113. The molecule has 0 aromatic rings. The van der Waals surface area contributed by atoms with E-state index in [0.29, 0.717) is 6.61 Å². The summed E-state index contributed by atoms with van der Waals surface area (Å²) in [6.07, 6.45) is 0.857. The van der Waals surface area contributed by atoms with Crippen molar-refractivity contribution in [3.63, 3.8) is 0 Å². The van der Waals surface area contributed by atoms with Gasteiger partial charge in [0, 0.05) is 6.61 Å². The lowest BCUT2D eigenvalue weighted by Gasteiger charge is -2.41. The molecule has 0 saturated heterocycles. The van der Waals surface area contributed by atoms with E-state index < -0.39 is 5.60 Å². The van der Waals surface area contributed by atoms with Crippen LogP contribution in [-0.2, 0) is 4.74 Å². The molecule has 0 spiro atoms. The monoisotopic (exact) mass is 244 g/mol. The first kappa shape index (κ1) is 16.9. The Hall–Kier alpha value is -0.0800. The fraction of sp³-hybridized carbons (Fsp3) is 1.00. The average Bonchev–Trinajstić information content (AvgIpc) is 1.98. The fourth-order valence-corrected chi connectivity index (χ4v) is 1.08. The molecule has 104 valence electrons. The molecular weight excluding hydrogens is 212 g/mol. The van der Waals surface area contributed by atoms with Crippen LogP contribution in [0.3, 0.4) is 0 Å². The maximum Gasteiger partial charge on any atom is 0.0674 e. The molecule has 1 N–H and O–H groups in total. The third kappa shape index (κ3) is 4.59. The summed E-state index contributed by atoms with van der Waals surface area (Å²) in [6, 6.07) is 0. The lowest BCUT2D eigenvalue weighted by atomic mass is 9.74. The van der Waals surface area contributed by atoms with Crippen molar-refractivity contribution in [2.24, 2.45) is 10.8 Å². The summed E-state index contributed by atoms with van der Waals surface area (Å²) >= 11 is 0. The van der Waals surface area contributed by atoms with Crippen LogP contribution in [0, 0.1) is 10.8 Å². The second kappa shape index (κ2) is 4.89. The second-order valence-corrected chi connectivity index (χ2v) is 7.80. The first-order valence-electron chi connectivity index (χ1n) is 6.57. The SMILES string of the molecule is CC(C)(C)C(C)(C)OCCC(C)(C)C(C)(C)O. The zero-order valence-electron chi connectivity index (χ0n) is 13.3. The van der Waals surface area contributed by atoms with Gasteiger partial charge in [0.1, 0.15) is 0 Å². The van der Waals surface area contributed by atoms with Gasteiger partial charge in [0.25, 0.3) is 0 Å². The molecule has 0 amide bonds. The van der Waals surface area contributed by atoms with Crippen LogP contribution in [0.4, 0.5) is 0 Å². The summed E-state index contributed by atoms with van der Waals surface area (Å²) < 4.78 is 6.01. The van der Waals surface area contributed by atoms with Crippen molar-refractivity contribution < 1.29 is 9.84 Å². The minimum Gasteiger partial charge on any atom is -0.390 e. The molecule has 0 aliphatic heterocycles. The van der Waals surface area contributed by atoms with Gasteiger partial charge in [-0.3, -0.25) is 0 Å². The Labute approximate surface area is 108 Å². The Kier molecular flexibility index (Phi) is 4.87. The number of rotatable bonds is 5. The molecule has 17 heavy (non-hydrogen) atoms. The van der Waals surface area contributed by atoms with E-state index in [9.17, 15) is 5.11 Å². The van der Waals surface area contributed by atoms with E-state index in [1.807, 2.05) is 13.8 Å². The average molecular weight is 244 g/mol. The Morgan fingerprint density at radius 3 is 1.53 bits per heavy atom. The fourth-order valence-electron chi connectivity index (χ4n) is 1.08. The Morgan fingerprint density at radius 1 is 0.824 bits per heavy atom. The van der Waals surface area contributed by atoms with Crippen molar-refractivity contribution in [3.05, 3.63) is 0 Å². The van der Waals surface area contributed by atoms with E-state index in [-0.39, 0.29) is 16.4 Å². The molecule has 0 saturated carbocycles. The van der Waals surface area contributed by atoms with Crippen molar-refractivity contribution >= 4 is 0 Å². The summed E-state index contributed by atoms with van der Waals surface area (Å²) in [5, 5.41) is 10.1. The molecule has 0 bridgehead atoms. The van der Waals surface area contributed by atoms with Gasteiger partial charge in [-0.2, -0.15) is 0 Å². The molecular formula is C15H32O2. The van der Waals surface area contributed by atoms with E-state index in [2.05, 4.69) is 48.5 Å². The van der Waals surface area contributed by atoms with Gasteiger partial charge < -0.3 is 9.84 Å². The van der Waals surface area contributed by atoms with Gasteiger partial charge in [-0.1, -0.05) is 34.6 Å². The molecule has 2 nitrogen and oxygen atoms in total.